The molecule has 1 aliphatic rings. The number of furan rings is 1. The molecule has 2 N–H and O–H groups in total. The van der Waals surface area contributed by atoms with Crippen LogP contribution in [-0.4, -0.2) is 23.8 Å². The Morgan fingerprint density at radius 2 is 1.75 bits per heavy atom. The third kappa shape index (κ3) is 3.59. The van der Waals surface area contributed by atoms with Crippen molar-refractivity contribution in [1.29, 1.82) is 0 Å². The van der Waals surface area contributed by atoms with Crippen LogP contribution in [0, 0.1) is 0 Å². The summed E-state index contributed by atoms with van der Waals surface area (Å²) < 4.78 is 16.3. The number of rotatable bonds is 5. The Labute approximate surface area is 159 Å². The van der Waals surface area contributed by atoms with Crippen molar-refractivity contribution in [3.05, 3.63) is 77.7 Å². The fourth-order valence-corrected chi connectivity index (χ4v) is 2.71. The summed E-state index contributed by atoms with van der Waals surface area (Å²) in [7, 11) is 0. The normalized spacial score (nSPS) is 12.6. The van der Waals surface area contributed by atoms with Crippen LogP contribution in [0.4, 0.5) is 0 Å². The van der Waals surface area contributed by atoms with Crippen LogP contribution in [0.5, 0.6) is 11.5 Å². The average Bonchev–Trinajstić information content (AvgIpc) is 3.36. The molecule has 1 aliphatic heterocycles. The Kier molecular flexibility index (Phi) is 4.55. The van der Waals surface area contributed by atoms with Gasteiger partial charge in [-0.15, -0.1) is 0 Å². The highest BCUT2D eigenvalue weighted by Crippen LogP contribution is 2.36. The van der Waals surface area contributed by atoms with Crippen molar-refractivity contribution < 1.29 is 28.6 Å². The first-order valence-corrected chi connectivity index (χ1v) is 8.41. The minimum atomic E-state index is -1.27. The molecule has 0 bridgehead atoms. The van der Waals surface area contributed by atoms with E-state index in [-0.39, 0.29) is 12.5 Å². The summed E-state index contributed by atoms with van der Waals surface area (Å²) in [6, 6.07) is 17.1. The molecule has 0 spiro atoms. The fraction of sp³-hybridized carbons (Fsp3) is 0.0476. The van der Waals surface area contributed by atoms with Gasteiger partial charge in [-0.2, -0.15) is 0 Å². The fourth-order valence-electron chi connectivity index (χ4n) is 2.71. The van der Waals surface area contributed by atoms with Crippen LogP contribution in [0.3, 0.4) is 0 Å². The number of carboxylic acids is 1. The largest absolute Gasteiger partial charge is 0.477 e. The quantitative estimate of drug-likeness (QED) is 0.660. The summed E-state index contributed by atoms with van der Waals surface area (Å²) >= 11 is 0. The molecule has 0 unspecified atom stereocenters. The van der Waals surface area contributed by atoms with Crippen molar-refractivity contribution in [3.63, 3.8) is 0 Å². The zero-order valence-electron chi connectivity index (χ0n) is 14.5. The molecule has 7 heteroatoms. The van der Waals surface area contributed by atoms with Crippen molar-refractivity contribution in [2.45, 2.75) is 0 Å². The second-order valence-electron chi connectivity index (χ2n) is 5.95. The summed E-state index contributed by atoms with van der Waals surface area (Å²) in [5, 5.41) is 11.8. The van der Waals surface area contributed by atoms with Gasteiger partial charge in [0.15, 0.2) is 11.5 Å². The number of carboxylic acid groups (broad SMARTS) is 1. The summed E-state index contributed by atoms with van der Waals surface area (Å²) in [5.41, 5.74) is 0.824. The lowest BCUT2D eigenvalue weighted by atomic mass is 10.1. The van der Waals surface area contributed by atoms with Crippen LogP contribution in [0.25, 0.3) is 17.4 Å². The zero-order chi connectivity index (χ0) is 19.5. The second-order valence-corrected chi connectivity index (χ2v) is 5.95. The third-order valence-electron chi connectivity index (χ3n) is 4.09. The van der Waals surface area contributed by atoms with Crippen molar-refractivity contribution in [3.8, 4) is 22.8 Å². The van der Waals surface area contributed by atoms with Crippen molar-refractivity contribution in [2.75, 3.05) is 6.79 Å². The number of aliphatic carboxylic acids is 1. The number of benzene rings is 2. The minimum absolute atomic E-state index is 0.175. The van der Waals surface area contributed by atoms with Gasteiger partial charge in [0, 0.05) is 17.2 Å². The van der Waals surface area contributed by atoms with Crippen molar-refractivity contribution in [2.24, 2.45) is 0 Å². The smallest absolute Gasteiger partial charge is 0.352 e. The van der Waals surface area contributed by atoms with E-state index in [0.717, 1.165) is 5.56 Å². The first-order chi connectivity index (χ1) is 13.6. The Hall–Kier alpha value is -4.00. The van der Waals surface area contributed by atoms with Crippen LogP contribution >= 0.6 is 0 Å². The molecule has 140 valence electrons. The Bertz CT molecular complexity index is 1070. The number of amides is 1. The molecular weight excluding hydrogens is 362 g/mol. The maximum absolute atomic E-state index is 12.2. The first kappa shape index (κ1) is 17.4. The molecule has 0 aliphatic carbocycles. The monoisotopic (exact) mass is 377 g/mol. The van der Waals surface area contributed by atoms with E-state index in [1.54, 1.807) is 54.6 Å². The number of carbonyl (C=O) groups excluding carboxylic acids is 1. The molecular formula is C21H15NO6. The van der Waals surface area contributed by atoms with E-state index in [1.165, 1.54) is 6.08 Å². The van der Waals surface area contributed by atoms with Crippen molar-refractivity contribution >= 4 is 18.0 Å². The number of hydrogen-bond donors (Lipinski definition) is 2. The van der Waals surface area contributed by atoms with Gasteiger partial charge in [-0.1, -0.05) is 18.2 Å². The molecule has 28 heavy (non-hydrogen) atoms. The van der Waals surface area contributed by atoms with Crippen molar-refractivity contribution in [1.82, 2.24) is 5.32 Å². The summed E-state index contributed by atoms with van der Waals surface area (Å²) in [6.45, 7) is 0.175. The Balaban J connectivity index is 1.56. The highest BCUT2D eigenvalue weighted by atomic mass is 16.7. The Morgan fingerprint density at radius 3 is 2.54 bits per heavy atom. The van der Waals surface area contributed by atoms with Gasteiger partial charge in [0.1, 0.15) is 17.2 Å². The van der Waals surface area contributed by atoms with Gasteiger partial charge in [-0.3, -0.25) is 4.79 Å². The molecule has 1 amide bonds. The summed E-state index contributed by atoms with van der Waals surface area (Å²) in [5.74, 6) is 0.309. The van der Waals surface area contributed by atoms with Crippen LogP contribution in [0.1, 0.15) is 16.1 Å². The van der Waals surface area contributed by atoms with Gasteiger partial charge in [0.25, 0.3) is 5.91 Å². The third-order valence-corrected chi connectivity index (χ3v) is 4.09. The molecule has 1 aromatic heterocycles. The highest BCUT2D eigenvalue weighted by molar-refractivity contribution is 6.02. The van der Waals surface area contributed by atoms with Gasteiger partial charge in [0.2, 0.25) is 6.79 Å². The first-order valence-electron chi connectivity index (χ1n) is 8.41. The van der Waals surface area contributed by atoms with E-state index < -0.39 is 11.9 Å². The molecule has 2 heterocycles. The highest BCUT2D eigenvalue weighted by Gasteiger charge is 2.17. The van der Waals surface area contributed by atoms with Gasteiger partial charge >= 0.3 is 5.97 Å². The SMILES string of the molecule is O=C(O)/C(=C/c1ccc(-c2ccc3c(c2)OCO3)o1)NC(=O)c1ccccc1. The molecule has 0 fully saturated rings. The van der Waals surface area contributed by atoms with E-state index >= 15 is 0 Å². The molecule has 0 saturated heterocycles. The minimum Gasteiger partial charge on any atom is -0.477 e. The lowest BCUT2D eigenvalue weighted by molar-refractivity contribution is -0.132. The molecule has 4 rings (SSSR count). The predicted octanol–water partition coefficient (Wildman–Crippen LogP) is 3.53. The standard InChI is InChI=1S/C21H15NO6/c23-20(13-4-2-1-3-5-13)22-16(21(24)25)11-15-7-9-17(28-15)14-6-8-18-19(10-14)27-12-26-18/h1-11H,12H2,(H,22,23)(H,24,25)/b16-11-. The van der Waals surface area contributed by atoms with Crippen LogP contribution in [0.15, 0.2) is 70.8 Å². The number of ether oxygens (including phenoxy) is 2. The zero-order valence-corrected chi connectivity index (χ0v) is 14.5. The molecule has 0 saturated carbocycles. The van der Waals surface area contributed by atoms with Gasteiger partial charge in [0.05, 0.1) is 0 Å². The maximum Gasteiger partial charge on any atom is 0.352 e. The summed E-state index contributed by atoms with van der Waals surface area (Å²) in [6.07, 6.45) is 1.26. The molecule has 3 aromatic rings. The lowest BCUT2D eigenvalue weighted by Crippen LogP contribution is -2.27. The van der Waals surface area contributed by atoms with Gasteiger partial charge in [-0.05, 0) is 42.5 Å². The number of nitrogens with one attached hydrogen (secondary N) is 1. The van der Waals surface area contributed by atoms with E-state index in [9.17, 15) is 14.7 Å². The van der Waals surface area contributed by atoms with Crippen LogP contribution < -0.4 is 14.8 Å². The predicted molar refractivity (Wildman–Crippen MR) is 99.8 cm³/mol. The van der Waals surface area contributed by atoms with Crippen LogP contribution in [0.2, 0.25) is 0 Å². The summed E-state index contributed by atoms with van der Waals surface area (Å²) in [4.78, 5) is 23.7. The van der Waals surface area contributed by atoms with Gasteiger partial charge in [-0.25, -0.2) is 4.79 Å². The van der Waals surface area contributed by atoms with E-state index in [4.69, 9.17) is 13.9 Å². The Morgan fingerprint density at radius 1 is 0.964 bits per heavy atom. The van der Waals surface area contributed by atoms with Gasteiger partial charge < -0.3 is 24.3 Å². The van der Waals surface area contributed by atoms with E-state index in [0.29, 0.717) is 28.6 Å². The molecule has 0 radical (unpaired) electrons. The topological polar surface area (TPSA) is 98.0 Å². The van der Waals surface area contributed by atoms with E-state index in [1.807, 2.05) is 6.07 Å². The van der Waals surface area contributed by atoms with E-state index in [2.05, 4.69) is 5.32 Å². The molecule has 0 atom stereocenters. The lowest BCUT2D eigenvalue weighted by Gasteiger charge is -2.05. The molecule has 2 aromatic carbocycles. The average molecular weight is 377 g/mol. The molecule has 7 nitrogen and oxygen atoms in total. The number of fused-ring (bicyclic) bond motifs is 1. The maximum atomic E-state index is 12.2. The number of hydrogen-bond acceptors (Lipinski definition) is 5. The van der Waals surface area contributed by atoms with Crippen LogP contribution in [-0.2, 0) is 4.79 Å². The second kappa shape index (κ2) is 7.32. The number of carbonyl (C=O) groups is 2.